The van der Waals surface area contributed by atoms with Gasteiger partial charge in [0.05, 0.1) is 11.5 Å². The van der Waals surface area contributed by atoms with Crippen LogP contribution in [0, 0.1) is 0 Å². The lowest BCUT2D eigenvalue weighted by molar-refractivity contribution is -0.137. The van der Waals surface area contributed by atoms with Gasteiger partial charge in [-0.15, -0.1) is 0 Å². The van der Waals surface area contributed by atoms with Gasteiger partial charge in [-0.2, -0.15) is 18.2 Å². The van der Waals surface area contributed by atoms with Crippen molar-refractivity contribution in [3.05, 3.63) is 70.6 Å². The van der Waals surface area contributed by atoms with Crippen molar-refractivity contribution in [1.29, 1.82) is 0 Å². The van der Waals surface area contributed by atoms with Crippen molar-refractivity contribution in [2.75, 3.05) is 13.1 Å². The molecule has 1 aliphatic rings. The smallest absolute Gasteiger partial charge is 0.339 e. The number of aromatic nitrogens is 2. The molecule has 1 aliphatic heterocycles. The molecule has 0 radical (unpaired) electrons. The zero-order valence-corrected chi connectivity index (χ0v) is 16.5. The van der Waals surface area contributed by atoms with Gasteiger partial charge in [0.25, 0.3) is 5.91 Å². The standard InChI is InChI=1S/C21H17ClF3N3O2/c22-17-8-2-4-13(11-17)18-26-19(30-27-18)15-6-3-9-28(12-15)20(29)14-5-1-7-16(10-14)21(23,24)25/h1-2,4-5,7-8,10-11,15H,3,6,9,12H2. The van der Waals surface area contributed by atoms with Gasteiger partial charge in [-0.1, -0.05) is 35.0 Å². The zero-order valence-electron chi connectivity index (χ0n) is 15.7. The molecular weight excluding hydrogens is 419 g/mol. The maximum Gasteiger partial charge on any atom is 0.416 e. The summed E-state index contributed by atoms with van der Waals surface area (Å²) in [5.74, 6) is 0.162. The number of likely N-dealkylation sites (tertiary alicyclic amines) is 1. The number of carbonyl (C=O) groups is 1. The lowest BCUT2D eigenvalue weighted by atomic mass is 9.97. The fourth-order valence-electron chi connectivity index (χ4n) is 3.52. The van der Waals surface area contributed by atoms with Crippen molar-refractivity contribution in [3.63, 3.8) is 0 Å². The minimum Gasteiger partial charge on any atom is -0.339 e. The summed E-state index contributed by atoms with van der Waals surface area (Å²) in [6.07, 6.45) is -3.07. The molecule has 1 unspecified atom stereocenters. The van der Waals surface area contributed by atoms with Crippen LogP contribution in [0.4, 0.5) is 13.2 Å². The Balaban J connectivity index is 1.51. The van der Waals surface area contributed by atoms with Crippen molar-refractivity contribution >= 4 is 17.5 Å². The van der Waals surface area contributed by atoms with Gasteiger partial charge in [-0.3, -0.25) is 4.79 Å². The molecule has 2 heterocycles. The van der Waals surface area contributed by atoms with Crippen LogP contribution in [-0.2, 0) is 6.18 Å². The Morgan fingerprint density at radius 3 is 2.73 bits per heavy atom. The van der Waals surface area contributed by atoms with Gasteiger partial charge in [0, 0.05) is 29.2 Å². The molecule has 0 spiro atoms. The maximum absolute atomic E-state index is 13.0. The van der Waals surface area contributed by atoms with E-state index in [0.717, 1.165) is 18.6 Å². The van der Waals surface area contributed by atoms with Crippen LogP contribution in [0.25, 0.3) is 11.4 Å². The molecule has 2 aromatic carbocycles. The number of hydrogen-bond acceptors (Lipinski definition) is 4. The van der Waals surface area contributed by atoms with Crippen LogP contribution in [-0.4, -0.2) is 34.0 Å². The monoisotopic (exact) mass is 435 g/mol. The van der Waals surface area contributed by atoms with Gasteiger partial charge in [-0.25, -0.2) is 0 Å². The van der Waals surface area contributed by atoms with Gasteiger partial charge in [-0.05, 0) is 43.2 Å². The number of rotatable bonds is 3. The lowest BCUT2D eigenvalue weighted by Gasteiger charge is -2.31. The number of benzene rings is 2. The van der Waals surface area contributed by atoms with E-state index >= 15 is 0 Å². The minimum absolute atomic E-state index is 0.00983. The van der Waals surface area contributed by atoms with E-state index in [1.54, 1.807) is 18.2 Å². The molecule has 0 aliphatic carbocycles. The molecule has 1 fully saturated rings. The van der Waals surface area contributed by atoms with Crippen LogP contribution < -0.4 is 0 Å². The van der Waals surface area contributed by atoms with Crippen LogP contribution in [0.5, 0.6) is 0 Å². The second kappa shape index (κ2) is 8.10. The molecule has 0 bridgehead atoms. The second-order valence-electron chi connectivity index (χ2n) is 7.14. The Morgan fingerprint density at radius 1 is 1.17 bits per heavy atom. The van der Waals surface area contributed by atoms with Crippen LogP contribution in [0.2, 0.25) is 5.02 Å². The van der Waals surface area contributed by atoms with Crippen LogP contribution in [0.1, 0.15) is 40.6 Å². The molecular formula is C21H17ClF3N3O2. The van der Waals surface area contributed by atoms with E-state index < -0.39 is 17.6 Å². The first-order valence-electron chi connectivity index (χ1n) is 9.37. The van der Waals surface area contributed by atoms with Gasteiger partial charge < -0.3 is 9.42 Å². The fraction of sp³-hybridized carbons (Fsp3) is 0.286. The SMILES string of the molecule is O=C(c1cccc(C(F)(F)F)c1)N1CCCC(c2nc(-c3cccc(Cl)c3)no2)C1. The molecule has 1 amide bonds. The van der Waals surface area contributed by atoms with E-state index in [1.807, 2.05) is 6.07 Å². The first kappa shape index (κ1) is 20.4. The maximum atomic E-state index is 13.0. The van der Waals surface area contributed by atoms with Gasteiger partial charge in [0.2, 0.25) is 11.7 Å². The average Bonchev–Trinajstić information content (AvgIpc) is 3.23. The highest BCUT2D eigenvalue weighted by Crippen LogP contribution is 2.31. The van der Waals surface area contributed by atoms with Crippen molar-refractivity contribution in [3.8, 4) is 11.4 Å². The van der Waals surface area contributed by atoms with E-state index in [4.69, 9.17) is 16.1 Å². The summed E-state index contributed by atoms with van der Waals surface area (Å²) in [4.78, 5) is 18.8. The molecule has 0 saturated carbocycles. The van der Waals surface area contributed by atoms with Crippen molar-refractivity contribution in [2.45, 2.75) is 24.9 Å². The third kappa shape index (κ3) is 4.33. The lowest BCUT2D eigenvalue weighted by Crippen LogP contribution is -2.39. The molecule has 4 rings (SSSR count). The van der Waals surface area contributed by atoms with E-state index in [-0.39, 0.29) is 11.5 Å². The van der Waals surface area contributed by atoms with Gasteiger partial charge >= 0.3 is 6.18 Å². The fourth-order valence-corrected chi connectivity index (χ4v) is 3.71. The number of amides is 1. The highest BCUT2D eigenvalue weighted by atomic mass is 35.5. The number of alkyl halides is 3. The summed E-state index contributed by atoms with van der Waals surface area (Å²) >= 11 is 6.00. The average molecular weight is 436 g/mol. The molecule has 30 heavy (non-hydrogen) atoms. The van der Waals surface area contributed by atoms with E-state index in [1.165, 1.54) is 17.0 Å². The van der Waals surface area contributed by atoms with Crippen molar-refractivity contribution in [1.82, 2.24) is 15.0 Å². The largest absolute Gasteiger partial charge is 0.416 e. The summed E-state index contributed by atoms with van der Waals surface area (Å²) in [6, 6.07) is 11.5. The van der Waals surface area contributed by atoms with E-state index in [2.05, 4.69) is 10.1 Å². The quantitative estimate of drug-likeness (QED) is 0.550. The first-order valence-corrected chi connectivity index (χ1v) is 9.75. The Kier molecular flexibility index (Phi) is 5.51. The molecule has 1 atom stereocenters. The first-order chi connectivity index (χ1) is 14.3. The summed E-state index contributed by atoms with van der Waals surface area (Å²) in [6.45, 7) is 0.757. The number of nitrogens with zero attached hydrogens (tertiary/aromatic N) is 3. The Hall–Kier alpha value is -2.87. The van der Waals surface area contributed by atoms with Gasteiger partial charge in [0.1, 0.15) is 0 Å². The highest BCUT2D eigenvalue weighted by molar-refractivity contribution is 6.30. The molecule has 0 N–H and O–H groups in total. The Labute approximate surface area is 175 Å². The molecule has 3 aromatic rings. The summed E-state index contributed by atoms with van der Waals surface area (Å²) in [5.41, 5.74) is -0.120. The molecule has 9 heteroatoms. The number of halogens is 4. The van der Waals surface area contributed by atoms with Gasteiger partial charge in [0.15, 0.2) is 0 Å². The third-order valence-electron chi connectivity index (χ3n) is 5.02. The third-order valence-corrected chi connectivity index (χ3v) is 5.25. The molecule has 5 nitrogen and oxygen atoms in total. The number of hydrogen-bond donors (Lipinski definition) is 0. The normalized spacial score (nSPS) is 17.2. The van der Waals surface area contributed by atoms with E-state index in [9.17, 15) is 18.0 Å². The predicted molar refractivity (Wildman–Crippen MR) is 104 cm³/mol. The van der Waals surface area contributed by atoms with E-state index in [0.29, 0.717) is 41.8 Å². The summed E-state index contributed by atoms with van der Waals surface area (Å²) in [7, 11) is 0. The molecule has 156 valence electrons. The second-order valence-corrected chi connectivity index (χ2v) is 7.57. The number of carbonyl (C=O) groups excluding carboxylic acids is 1. The number of piperidine rings is 1. The van der Waals surface area contributed by atoms with Crippen molar-refractivity contribution in [2.24, 2.45) is 0 Å². The summed E-state index contributed by atoms with van der Waals surface area (Å²) < 4.78 is 44.3. The minimum atomic E-state index is -4.50. The highest BCUT2D eigenvalue weighted by Gasteiger charge is 2.33. The topological polar surface area (TPSA) is 59.2 Å². The van der Waals surface area contributed by atoms with Crippen LogP contribution in [0.3, 0.4) is 0 Å². The molecule has 1 aromatic heterocycles. The Morgan fingerprint density at radius 2 is 1.97 bits per heavy atom. The molecule has 1 saturated heterocycles. The Bertz CT molecular complexity index is 1070. The van der Waals surface area contributed by atoms with Crippen molar-refractivity contribution < 1.29 is 22.5 Å². The summed E-state index contributed by atoms with van der Waals surface area (Å²) in [5, 5.41) is 4.55. The van der Waals surface area contributed by atoms with Crippen LogP contribution >= 0.6 is 11.6 Å². The van der Waals surface area contributed by atoms with Crippen LogP contribution in [0.15, 0.2) is 53.1 Å². The zero-order chi connectivity index (χ0) is 21.3. The predicted octanol–water partition coefficient (Wildman–Crippen LogP) is 5.43.